The highest BCUT2D eigenvalue weighted by Crippen LogP contribution is 2.21. The summed E-state index contributed by atoms with van der Waals surface area (Å²) < 4.78 is 0. The van der Waals surface area contributed by atoms with Crippen LogP contribution in [0.4, 0.5) is 0 Å². The minimum atomic E-state index is -0.0747. The van der Waals surface area contributed by atoms with E-state index in [-0.39, 0.29) is 6.10 Å². The van der Waals surface area contributed by atoms with Crippen LogP contribution in [-0.2, 0) is 0 Å². The van der Waals surface area contributed by atoms with Crippen LogP contribution in [-0.4, -0.2) is 22.2 Å². The van der Waals surface area contributed by atoms with Crippen LogP contribution in [0.2, 0.25) is 0 Å². The van der Waals surface area contributed by atoms with Crippen molar-refractivity contribution in [2.45, 2.75) is 50.8 Å². The Morgan fingerprint density at radius 3 is 2.50 bits per heavy atom. The van der Waals surface area contributed by atoms with Crippen LogP contribution < -0.4 is 5.32 Å². The summed E-state index contributed by atoms with van der Waals surface area (Å²) in [6.45, 7) is 2.18. The zero-order valence-corrected chi connectivity index (χ0v) is 9.76. The number of pyridine rings is 1. The summed E-state index contributed by atoms with van der Waals surface area (Å²) in [5.41, 5.74) is 1.28. The van der Waals surface area contributed by atoms with Gasteiger partial charge in [0.1, 0.15) is 0 Å². The van der Waals surface area contributed by atoms with Crippen LogP contribution in [0.15, 0.2) is 24.5 Å². The summed E-state index contributed by atoms with van der Waals surface area (Å²) in [5, 5.41) is 13.1. The maximum atomic E-state index is 9.44. The average molecular weight is 220 g/mol. The van der Waals surface area contributed by atoms with Gasteiger partial charge in [0, 0.05) is 24.5 Å². The first-order valence-electron chi connectivity index (χ1n) is 6.09. The lowest BCUT2D eigenvalue weighted by atomic mass is 9.92. The maximum Gasteiger partial charge on any atom is 0.0541 e. The van der Waals surface area contributed by atoms with Crippen LogP contribution in [0.1, 0.15) is 44.2 Å². The third-order valence-corrected chi connectivity index (χ3v) is 3.39. The van der Waals surface area contributed by atoms with Crippen LogP contribution >= 0.6 is 0 Å². The maximum absolute atomic E-state index is 9.44. The van der Waals surface area contributed by atoms with E-state index in [1.165, 1.54) is 5.56 Å². The summed E-state index contributed by atoms with van der Waals surface area (Å²) >= 11 is 0. The Morgan fingerprint density at radius 2 is 1.88 bits per heavy atom. The van der Waals surface area contributed by atoms with Crippen LogP contribution in [0, 0.1) is 0 Å². The molecule has 0 aliphatic heterocycles. The standard InChI is InChI=1S/C13H20N2O/c1-10(11-6-8-14-9-7-11)15-12-2-4-13(16)5-3-12/h6-10,12-13,15-16H,2-5H2,1H3/t10-,12?,13?/m0/s1. The summed E-state index contributed by atoms with van der Waals surface area (Å²) in [6, 6.07) is 5.01. The molecule has 16 heavy (non-hydrogen) atoms. The Kier molecular flexibility index (Phi) is 3.91. The normalized spacial score (nSPS) is 27.6. The van der Waals surface area contributed by atoms with Crippen LogP contribution in [0.3, 0.4) is 0 Å². The molecule has 3 nitrogen and oxygen atoms in total. The van der Waals surface area contributed by atoms with Crippen LogP contribution in [0.5, 0.6) is 0 Å². The van der Waals surface area contributed by atoms with Gasteiger partial charge in [0.2, 0.25) is 0 Å². The first-order chi connectivity index (χ1) is 7.75. The fraction of sp³-hybridized carbons (Fsp3) is 0.615. The molecule has 2 N–H and O–H groups in total. The van der Waals surface area contributed by atoms with Gasteiger partial charge in [-0.3, -0.25) is 4.98 Å². The smallest absolute Gasteiger partial charge is 0.0541 e. The Labute approximate surface area is 96.9 Å². The fourth-order valence-electron chi connectivity index (χ4n) is 2.34. The van der Waals surface area contributed by atoms with E-state index in [2.05, 4.69) is 29.4 Å². The quantitative estimate of drug-likeness (QED) is 0.819. The molecule has 88 valence electrons. The number of aromatic nitrogens is 1. The average Bonchev–Trinajstić information content (AvgIpc) is 2.33. The molecule has 1 heterocycles. The molecule has 1 aromatic rings. The summed E-state index contributed by atoms with van der Waals surface area (Å²) in [7, 11) is 0. The molecule has 1 aromatic heterocycles. The van der Waals surface area contributed by atoms with E-state index in [1.54, 1.807) is 0 Å². The van der Waals surface area contributed by atoms with E-state index in [4.69, 9.17) is 0 Å². The highest BCUT2D eigenvalue weighted by atomic mass is 16.3. The monoisotopic (exact) mass is 220 g/mol. The van der Waals surface area contributed by atoms with Crippen molar-refractivity contribution in [3.8, 4) is 0 Å². The minimum Gasteiger partial charge on any atom is -0.393 e. The Hall–Kier alpha value is -0.930. The second kappa shape index (κ2) is 5.41. The molecule has 0 saturated heterocycles. The number of hydrogen-bond acceptors (Lipinski definition) is 3. The third-order valence-electron chi connectivity index (χ3n) is 3.39. The summed E-state index contributed by atoms with van der Waals surface area (Å²) in [6.07, 6.45) is 7.61. The molecule has 1 saturated carbocycles. The second-order valence-electron chi connectivity index (χ2n) is 4.67. The van der Waals surface area contributed by atoms with Gasteiger partial charge in [0.15, 0.2) is 0 Å². The molecule has 0 bridgehead atoms. The number of nitrogens with zero attached hydrogens (tertiary/aromatic N) is 1. The first-order valence-corrected chi connectivity index (χ1v) is 6.09. The molecule has 0 amide bonds. The van der Waals surface area contributed by atoms with E-state index in [0.717, 1.165) is 25.7 Å². The van der Waals surface area contributed by atoms with Crippen molar-refractivity contribution in [3.05, 3.63) is 30.1 Å². The minimum absolute atomic E-state index is 0.0747. The molecule has 1 aliphatic rings. The van der Waals surface area contributed by atoms with Gasteiger partial charge in [-0.1, -0.05) is 0 Å². The van der Waals surface area contributed by atoms with E-state index in [1.807, 2.05) is 12.4 Å². The molecule has 0 aromatic carbocycles. The summed E-state index contributed by atoms with van der Waals surface area (Å²) in [5.74, 6) is 0. The topological polar surface area (TPSA) is 45.1 Å². The number of aliphatic hydroxyl groups excluding tert-OH is 1. The van der Waals surface area contributed by atoms with E-state index >= 15 is 0 Å². The van der Waals surface area contributed by atoms with Crippen molar-refractivity contribution in [1.29, 1.82) is 0 Å². The second-order valence-corrected chi connectivity index (χ2v) is 4.67. The number of rotatable bonds is 3. The zero-order chi connectivity index (χ0) is 11.4. The van der Waals surface area contributed by atoms with Gasteiger partial charge in [0.25, 0.3) is 0 Å². The van der Waals surface area contributed by atoms with Gasteiger partial charge < -0.3 is 10.4 Å². The molecule has 1 aliphatic carbocycles. The molecule has 1 atom stereocenters. The van der Waals surface area contributed by atoms with Gasteiger partial charge in [0.05, 0.1) is 6.10 Å². The van der Waals surface area contributed by atoms with Gasteiger partial charge in [-0.15, -0.1) is 0 Å². The third kappa shape index (κ3) is 3.03. The lowest BCUT2D eigenvalue weighted by Gasteiger charge is -2.29. The Balaban J connectivity index is 1.86. The predicted octanol–water partition coefficient (Wildman–Crippen LogP) is 2.04. The highest BCUT2D eigenvalue weighted by molar-refractivity contribution is 5.14. The molecule has 0 unspecified atom stereocenters. The zero-order valence-electron chi connectivity index (χ0n) is 9.76. The Bertz CT molecular complexity index is 307. The number of hydrogen-bond donors (Lipinski definition) is 2. The predicted molar refractivity (Wildman–Crippen MR) is 64.1 cm³/mol. The van der Waals surface area contributed by atoms with Crippen molar-refractivity contribution in [2.75, 3.05) is 0 Å². The van der Waals surface area contributed by atoms with E-state index in [9.17, 15) is 5.11 Å². The van der Waals surface area contributed by atoms with Gasteiger partial charge in [-0.2, -0.15) is 0 Å². The molecular formula is C13H20N2O. The van der Waals surface area contributed by atoms with Crippen molar-refractivity contribution >= 4 is 0 Å². The number of aliphatic hydroxyl groups is 1. The van der Waals surface area contributed by atoms with Gasteiger partial charge in [-0.25, -0.2) is 0 Å². The van der Waals surface area contributed by atoms with Crippen molar-refractivity contribution < 1.29 is 5.11 Å². The molecule has 0 radical (unpaired) electrons. The summed E-state index contributed by atoms with van der Waals surface area (Å²) in [4.78, 5) is 4.02. The van der Waals surface area contributed by atoms with Crippen molar-refractivity contribution in [2.24, 2.45) is 0 Å². The highest BCUT2D eigenvalue weighted by Gasteiger charge is 2.20. The van der Waals surface area contributed by atoms with Gasteiger partial charge >= 0.3 is 0 Å². The molecule has 1 fully saturated rings. The Morgan fingerprint density at radius 1 is 1.25 bits per heavy atom. The SMILES string of the molecule is C[C@H](NC1CCC(O)CC1)c1ccncc1. The molecule has 3 heteroatoms. The van der Waals surface area contributed by atoms with Gasteiger partial charge in [-0.05, 0) is 50.3 Å². The lowest BCUT2D eigenvalue weighted by molar-refractivity contribution is 0.114. The largest absolute Gasteiger partial charge is 0.393 e. The molecule has 0 spiro atoms. The van der Waals surface area contributed by atoms with E-state index < -0.39 is 0 Å². The van der Waals surface area contributed by atoms with Crippen molar-refractivity contribution in [3.63, 3.8) is 0 Å². The fourth-order valence-corrected chi connectivity index (χ4v) is 2.34. The number of nitrogens with one attached hydrogen (secondary N) is 1. The first kappa shape index (κ1) is 11.6. The van der Waals surface area contributed by atoms with Crippen LogP contribution in [0.25, 0.3) is 0 Å². The van der Waals surface area contributed by atoms with Crippen molar-refractivity contribution in [1.82, 2.24) is 10.3 Å². The molecular weight excluding hydrogens is 200 g/mol. The lowest BCUT2D eigenvalue weighted by Crippen LogP contribution is -2.36. The van der Waals surface area contributed by atoms with E-state index in [0.29, 0.717) is 12.1 Å². The molecule has 2 rings (SSSR count).